The van der Waals surface area contributed by atoms with Crippen molar-refractivity contribution in [2.24, 2.45) is 0 Å². The Kier molecular flexibility index (Phi) is 12.6. The molecular weight excluding hydrogens is 214 g/mol. The Bertz CT molecular complexity index is 351. The molecule has 0 saturated carbocycles. The minimum atomic E-state index is 0.293. The Morgan fingerprint density at radius 3 is 2.18 bits per heavy atom. The zero-order valence-electron chi connectivity index (χ0n) is 11.4. The number of hydrogen-bond donors (Lipinski definition) is 1. The summed E-state index contributed by atoms with van der Waals surface area (Å²) in [5.41, 5.74) is 6.94. The monoisotopic (exact) mass is 237 g/mol. The van der Waals surface area contributed by atoms with E-state index in [1.807, 2.05) is 46.8 Å². The molecule has 0 aliphatic carbocycles. The van der Waals surface area contributed by atoms with E-state index in [0.717, 1.165) is 5.57 Å². The van der Waals surface area contributed by atoms with Crippen molar-refractivity contribution in [3.63, 3.8) is 0 Å². The molecule has 1 aromatic heterocycles. The van der Waals surface area contributed by atoms with Gasteiger partial charge in [0, 0.05) is 5.57 Å². The molecule has 0 aliphatic heterocycles. The summed E-state index contributed by atoms with van der Waals surface area (Å²) in [5, 5.41) is 7.16. The molecule has 0 unspecified atom stereocenters. The molecule has 0 aliphatic rings. The number of anilines is 1. The maximum Gasteiger partial charge on any atom is 0.196 e. The van der Waals surface area contributed by atoms with Gasteiger partial charge >= 0.3 is 0 Å². The number of nitrogen functional groups attached to an aromatic ring is 1. The summed E-state index contributed by atoms with van der Waals surface area (Å²) in [6.45, 7) is 13.5. The molecule has 0 saturated heterocycles. The predicted octanol–water partition coefficient (Wildman–Crippen LogP) is 3.85. The SMILES string of the molecule is C=C/C=C\C(=C/C)c1nonc1N.CC.CC. The van der Waals surface area contributed by atoms with Gasteiger partial charge < -0.3 is 5.73 Å². The Labute approximate surface area is 104 Å². The summed E-state index contributed by atoms with van der Waals surface area (Å²) >= 11 is 0. The van der Waals surface area contributed by atoms with Gasteiger partial charge in [0.25, 0.3) is 0 Å². The molecule has 17 heavy (non-hydrogen) atoms. The molecule has 0 atom stereocenters. The van der Waals surface area contributed by atoms with E-state index >= 15 is 0 Å². The first kappa shape index (κ1) is 17.6. The summed E-state index contributed by atoms with van der Waals surface area (Å²) in [7, 11) is 0. The zero-order valence-corrected chi connectivity index (χ0v) is 11.4. The average molecular weight is 237 g/mol. The molecule has 1 aromatic rings. The van der Waals surface area contributed by atoms with Crippen molar-refractivity contribution in [3.8, 4) is 0 Å². The topological polar surface area (TPSA) is 64.9 Å². The molecule has 4 heteroatoms. The van der Waals surface area contributed by atoms with Crippen LogP contribution in [-0.4, -0.2) is 10.3 Å². The molecule has 2 N–H and O–H groups in total. The van der Waals surface area contributed by atoms with Crippen molar-refractivity contribution in [2.45, 2.75) is 34.6 Å². The third-order valence-electron chi connectivity index (χ3n) is 1.51. The second-order valence-corrected chi connectivity index (χ2v) is 2.34. The largest absolute Gasteiger partial charge is 0.379 e. The van der Waals surface area contributed by atoms with E-state index in [1.54, 1.807) is 12.2 Å². The van der Waals surface area contributed by atoms with Gasteiger partial charge in [-0.25, -0.2) is 4.63 Å². The second-order valence-electron chi connectivity index (χ2n) is 2.34. The van der Waals surface area contributed by atoms with Gasteiger partial charge in [-0.1, -0.05) is 58.6 Å². The van der Waals surface area contributed by atoms with Gasteiger partial charge in [0.2, 0.25) is 0 Å². The maximum absolute atomic E-state index is 5.52. The summed E-state index contributed by atoms with van der Waals surface area (Å²) < 4.78 is 4.48. The summed E-state index contributed by atoms with van der Waals surface area (Å²) in [6, 6.07) is 0. The fourth-order valence-electron chi connectivity index (χ4n) is 0.879. The van der Waals surface area contributed by atoms with Crippen LogP contribution in [0.4, 0.5) is 5.82 Å². The van der Waals surface area contributed by atoms with E-state index in [9.17, 15) is 0 Å². The minimum absolute atomic E-state index is 0.293. The van der Waals surface area contributed by atoms with E-state index in [2.05, 4.69) is 21.5 Å². The van der Waals surface area contributed by atoms with Crippen LogP contribution in [0.15, 0.2) is 35.5 Å². The van der Waals surface area contributed by atoms with Crippen molar-refractivity contribution >= 4 is 11.4 Å². The fourth-order valence-corrected chi connectivity index (χ4v) is 0.879. The smallest absolute Gasteiger partial charge is 0.196 e. The Balaban J connectivity index is 0. The Hall–Kier alpha value is -1.84. The molecule has 0 fully saturated rings. The minimum Gasteiger partial charge on any atom is -0.379 e. The van der Waals surface area contributed by atoms with Crippen LogP contribution in [0.5, 0.6) is 0 Å². The lowest BCUT2D eigenvalue weighted by molar-refractivity contribution is 0.308. The molecule has 0 aromatic carbocycles. The van der Waals surface area contributed by atoms with Crippen LogP contribution in [0.2, 0.25) is 0 Å². The highest BCUT2D eigenvalue weighted by molar-refractivity contribution is 5.76. The van der Waals surface area contributed by atoms with Crippen LogP contribution in [0.25, 0.3) is 5.57 Å². The standard InChI is InChI=1S/C9H11N3O.2C2H6/c1-3-5-6-7(4-2)8-9(10)12-13-11-8;2*1-2/h3-6H,1H2,2H3,(H2,10,12);2*1-2H3/b6-5-,7-4+;;. The number of nitrogens with two attached hydrogens (primary N) is 1. The van der Waals surface area contributed by atoms with E-state index in [4.69, 9.17) is 5.73 Å². The third-order valence-corrected chi connectivity index (χ3v) is 1.51. The highest BCUT2D eigenvalue weighted by Crippen LogP contribution is 2.18. The summed E-state index contributed by atoms with van der Waals surface area (Å²) in [6.07, 6.45) is 7.18. The first-order valence-corrected chi connectivity index (χ1v) is 5.83. The zero-order chi connectivity index (χ0) is 13.7. The molecular formula is C13H23N3O. The van der Waals surface area contributed by atoms with Gasteiger partial charge in [0.15, 0.2) is 11.5 Å². The molecule has 96 valence electrons. The van der Waals surface area contributed by atoms with Crippen LogP contribution in [0.3, 0.4) is 0 Å². The fraction of sp³-hybridized carbons (Fsp3) is 0.385. The van der Waals surface area contributed by atoms with Crippen LogP contribution < -0.4 is 5.73 Å². The number of nitrogens with zero attached hydrogens (tertiary/aromatic N) is 2. The van der Waals surface area contributed by atoms with Gasteiger partial charge in [-0.05, 0) is 17.2 Å². The second kappa shape index (κ2) is 12.2. The molecule has 1 rings (SSSR count). The number of aromatic nitrogens is 2. The van der Waals surface area contributed by atoms with E-state index in [-0.39, 0.29) is 0 Å². The highest BCUT2D eigenvalue weighted by Gasteiger charge is 2.07. The molecule has 0 radical (unpaired) electrons. The lowest BCUT2D eigenvalue weighted by Crippen LogP contribution is -1.90. The van der Waals surface area contributed by atoms with Crippen molar-refractivity contribution in [1.29, 1.82) is 0 Å². The van der Waals surface area contributed by atoms with Crippen molar-refractivity contribution in [2.75, 3.05) is 5.73 Å². The Morgan fingerprint density at radius 2 is 1.82 bits per heavy atom. The number of hydrogen-bond acceptors (Lipinski definition) is 4. The van der Waals surface area contributed by atoms with Crippen LogP contribution in [0, 0.1) is 0 Å². The first-order valence-electron chi connectivity index (χ1n) is 5.83. The van der Waals surface area contributed by atoms with Crippen molar-refractivity contribution in [3.05, 3.63) is 36.6 Å². The Morgan fingerprint density at radius 1 is 1.24 bits per heavy atom. The van der Waals surface area contributed by atoms with E-state index in [1.165, 1.54) is 0 Å². The molecule has 4 nitrogen and oxygen atoms in total. The van der Waals surface area contributed by atoms with Crippen molar-refractivity contribution in [1.82, 2.24) is 10.3 Å². The van der Waals surface area contributed by atoms with Crippen LogP contribution in [-0.2, 0) is 0 Å². The lowest BCUT2D eigenvalue weighted by Gasteiger charge is -1.93. The van der Waals surface area contributed by atoms with Crippen LogP contribution >= 0.6 is 0 Å². The van der Waals surface area contributed by atoms with Gasteiger partial charge in [-0.15, -0.1) is 0 Å². The van der Waals surface area contributed by atoms with Gasteiger partial charge in [-0.3, -0.25) is 0 Å². The van der Waals surface area contributed by atoms with Gasteiger partial charge in [0.1, 0.15) is 0 Å². The third kappa shape index (κ3) is 6.35. The molecule has 1 heterocycles. The van der Waals surface area contributed by atoms with Crippen LogP contribution in [0.1, 0.15) is 40.3 Å². The summed E-state index contributed by atoms with van der Waals surface area (Å²) in [4.78, 5) is 0. The molecule has 0 amide bonds. The average Bonchev–Trinajstić information content (AvgIpc) is 2.82. The van der Waals surface area contributed by atoms with Gasteiger partial charge in [0.05, 0.1) is 0 Å². The normalized spacial score (nSPS) is 10.1. The maximum atomic E-state index is 5.52. The predicted molar refractivity (Wildman–Crippen MR) is 74.4 cm³/mol. The molecule has 0 spiro atoms. The van der Waals surface area contributed by atoms with E-state index in [0.29, 0.717) is 11.5 Å². The first-order chi connectivity index (χ1) is 8.29. The number of allylic oxidation sites excluding steroid dienone is 5. The van der Waals surface area contributed by atoms with Crippen molar-refractivity contribution < 1.29 is 4.63 Å². The lowest BCUT2D eigenvalue weighted by atomic mass is 10.1. The van der Waals surface area contributed by atoms with Gasteiger partial charge in [-0.2, -0.15) is 0 Å². The number of rotatable bonds is 3. The molecule has 0 bridgehead atoms. The quantitative estimate of drug-likeness (QED) is 0.811. The summed E-state index contributed by atoms with van der Waals surface area (Å²) in [5.74, 6) is 0.293. The highest BCUT2D eigenvalue weighted by atomic mass is 16.6. The van der Waals surface area contributed by atoms with E-state index < -0.39 is 0 Å².